The molecular weight excluding hydrogens is 132 g/mol. The molecule has 0 aliphatic rings. The molecule has 2 heteroatoms. The van der Waals surface area contributed by atoms with Crippen LogP contribution in [0.1, 0.15) is 32.6 Å². The zero-order valence-electron chi connectivity index (χ0n) is 6.22. The van der Waals surface area contributed by atoms with Gasteiger partial charge in [0.15, 0.2) is 0 Å². The van der Waals surface area contributed by atoms with Crippen LogP contribution in [0.2, 0.25) is 0 Å². The zero-order chi connectivity index (χ0) is 7.11. The highest BCUT2D eigenvalue weighted by Crippen LogP contribution is 1.95. The minimum Gasteiger partial charge on any atom is -0.462 e. The van der Waals surface area contributed by atoms with Gasteiger partial charge >= 0.3 is 0 Å². The van der Waals surface area contributed by atoms with Gasteiger partial charge in [-0.1, -0.05) is 32.6 Å². The third-order valence-corrected chi connectivity index (χ3v) is 1.87. The molecule has 0 aromatic rings. The van der Waals surface area contributed by atoms with Crippen molar-refractivity contribution in [1.29, 1.82) is 0 Å². The molecule has 0 unspecified atom stereocenters. The molecule has 0 bridgehead atoms. The number of unbranched alkanes of at least 4 members (excludes halogenated alkanes) is 3. The second-order valence-corrected chi connectivity index (χ2v) is 3.49. The van der Waals surface area contributed by atoms with Crippen LogP contribution in [0.25, 0.3) is 0 Å². The van der Waals surface area contributed by atoms with E-state index in [1.807, 2.05) is 5.37 Å². The van der Waals surface area contributed by atoms with Gasteiger partial charge in [-0.2, -0.15) is 5.37 Å². The molecule has 0 aliphatic heterocycles. The van der Waals surface area contributed by atoms with Crippen molar-refractivity contribution in [2.45, 2.75) is 32.6 Å². The lowest BCUT2D eigenvalue weighted by atomic mass is 10.2. The van der Waals surface area contributed by atoms with Crippen molar-refractivity contribution < 1.29 is 4.21 Å². The zero-order valence-corrected chi connectivity index (χ0v) is 7.04. The number of hydrogen-bond acceptors (Lipinski definition) is 2. The highest BCUT2D eigenvalue weighted by Gasteiger charge is 1.77. The molecule has 0 aliphatic carbocycles. The molecule has 9 heavy (non-hydrogen) atoms. The van der Waals surface area contributed by atoms with Crippen molar-refractivity contribution in [1.82, 2.24) is 0 Å². The normalized spacial score (nSPS) is 14.0. The molecule has 0 aromatic carbocycles. The Hall–Kier alpha value is 0.0200. The quantitative estimate of drug-likeness (QED) is 0.337. The molecule has 0 atom stereocenters. The van der Waals surface area contributed by atoms with Crippen molar-refractivity contribution in [3.05, 3.63) is 0 Å². The first kappa shape index (κ1) is 9.02. The van der Waals surface area contributed by atoms with Gasteiger partial charge in [-0.15, -0.1) is 6.26 Å². The maximum atomic E-state index is 10.5. The highest BCUT2D eigenvalue weighted by atomic mass is 32.2. The molecule has 0 N–H and O–H groups in total. The van der Waals surface area contributed by atoms with Gasteiger partial charge < -0.3 is 4.21 Å². The molecule has 56 valence electrons. The first-order valence-electron chi connectivity index (χ1n) is 3.43. The Morgan fingerprint density at radius 3 is 2.56 bits per heavy atom. The van der Waals surface area contributed by atoms with Crippen LogP contribution in [0.15, 0.2) is 0 Å². The van der Waals surface area contributed by atoms with Crippen LogP contribution in [-0.2, 0) is 14.6 Å². The predicted molar refractivity (Wildman–Crippen MR) is 44.2 cm³/mol. The molecule has 0 fully saturated rings. The summed E-state index contributed by atoms with van der Waals surface area (Å²) in [6.45, 7) is 2.17. The summed E-state index contributed by atoms with van der Waals surface area (Å²) in [4.78, 5) is 0. The lowest BCUT2D eigenvalue weighted by Crippen LogP contribution is -1.80. The standard InChI is InChI=1S/C7H15OS/c1-3-4-5-6-7-9(2)8/h7H,3-6H2,1-2H3/q-1. The van der Waals surface area contributed by atoms with E-state index in [1.165, 1.54) is 19.3 Å². The van der Waals surface area contributed by atoms with Crippen molar-refractivity contribution in [3.8, 4) is 0 Å². The van der Waals surface area contributed by atoms with E-state index in [0.717, 1.165) is 6.42 Å². The fourth-order valence-corrected chi connectivity index (χ4v) is 1.14. The van der Waals surface area contributed by atoms with Gasteiger partial charge in [0.25, 0.3) is 0 Å². The molecule has 0 rings (SSSR count). The van der Waals surface area contributed by atoms with Crippen LogP contribution in [0.4, 0.5) is 0 Å². The van der Waals surface area contributed by atoms with Gasteiger partial charge in [-0.25, -0.2) is 0 Å². The van der Waals surface area contributed by atoms with Crippen LogP contribution >= 0.6 is 0 Å². The van der Waals surface area contributed by atoms with E-state index in [9.17, 15) is 4.21 Å². The first-order chi connectivity index (χ1) is 4.27. The monoisotopic (exact) mass is 147 g/mol. The third kappa shape index (κ3) is 8.02. The smallest absolute Gasteiger partial charge is 0.0518 e. The maximum absolute atomic E-state index is 10.5. The summed E-state index contributed by atoms with van der Waals surface area (Å²) in [5.41, 5.74) is 0. The minimum absolute atomic E-state index is 0.694. The Morgan fingerprint density at radius 1 is 1.44 bits per heavy atom. The fraction of sp³-hybridized carbons (Fsp3) is 0.857. The Balaban J connectivity index is 3.10. The molecular formula is C7H15OS-. The SMILES string of the molecule is CCCCCC=[S-](C)=O. The minimum atomic E-state index is -0.694. The summed E-state index contributed by atoms with van der Waals surface area (Å²) in [5, 5.41) is 1.87. The van der Waals surface area contributed by atoms with E-state index in [0.29, 0.717) is 0 Å². The van der Waals surface area contributed by atoms with Crippen molar-refractivity contribution in [3.63, 3.8) is 0 Å². The van der Waals surface area contributed by atoms with Gasteiger partial charge in [-0.3, -0.25) is 10.4 Å². The van der Waals surface area contributed by atoms with Gasteiger partial charge in [0, 0.05) is 0 Å². The second kappa shape index (κ2) is 6.14. The molecule has 1 nitrogen and oxygen atoms in total. The molecule has 0 spiro atoms. The molecule has 0 radical (unpaired) electrons. The summed E-state index contributed by atoms with van der Waals surface area (Å²) in [7, 11) is -0.694. The molecule has 0 amide bonds. The lowest BCUT2D eigenvalue weighted by molar-refractivity contribution is 0.605. The van der Waals surface area contributed by atoms with E-state index in [-0.39, 0.29) is 0 Å². The second-order valence-electron chi connectivity index (χ2n) is 2.16. The fourth-order valence-electron chi connectivity index (χ4n) is 0.644. The van der Waals surface area contributed by atoms with Crippen LogP contribution in [-0.4, -0.2) is 11.6 Å². The van der Waals surface area contributed by atoms with Gasteiger partial charge in [-0.05, 0) is 0 Å². The van der Waals surface area contributed by atoms with Gasteiger partial charge in [0.2, 0.25) is 0 Å². The highest BCUT2D eigenvalue weighted by molar-refractivity contribution is 7.82. The topological polar surface area (TPSA) is 17.1 Å². The molecule has 0 aromatic heterocycles. The van der Waals surface area contributed by atoms with Crippen LogP contribution in [0.3, 0.4) is 0 Å². The van der Waals surface area contributed by atoms with Crippen molar-refractivity contribution in [2.24, 2.45) is 0 Å². The summed E-state index contributed by atoms with van der Waals surface area (Å²) in [5.74, 6) is 0. The Bertz CT molecular complexity index is 123. The molecule has 0 saturated carbocycles. The Morgan fingerprint density at radius 2 is 2.11 bits per heavy atom. The summed E-state index contributed by atoms with van der Waals surface area (Å²) in [6.07, 6.45) is 6.41. The van der Waals surface area contributed by atoms with E-state index in [2.05, 4.69) is 6.92 Å². The summed E-state index contributed by atoms with van der Waals surface area (Å²) in [6, 6.07) is 0. The van der Waals surface area contributed by atoms with Crippen LogP contribution < -0.4 is 0 Å². The van der Waals surface area contributed by atoms with Crippen LogP contribution in [0, 0.1) is 0 Å². The first-order valence-corrected chi connectivity index (χ1v) is 5.05. The van der Waals surface area contributed by atoms with E-state index < -0.39 is 10.4 Å². The Kier molecular flexibility index (Phi) is 6.16. The average Bonchev–Trinajstić information content (AvgIpc) is 1.80. The van der Waals surface area contributed by atoms with Crippen molar-refractivity contribution >= 4 is 15.8 Å². The van der Waals surface area contributed by atoms with Gasteiger partial charge in [0.05, 0.1) is 0 Å². The lowest BCUT2D eigenvalue weighted by Gasteiger charge is -1.94. The Labute approximate surface area is 59.5 Å². The number of hydrogen-bond donors (Lipinski definition) is 0. The average molecular weight is 147 g/mol. The van der Waals surface area contributed by atoms with E-state index in [1.54, 1.807) is 6.26 Å². The molecule has 0 heterocycles. The van der Waals surface area contributed by atoms with Gasteiger partial charge in [0.1, 0.15) is 0 Å². The largest absolute Gasteiger partial charge is 0.462 e. The van der Waals surface area contributed by atoms with Crippen molar-refractivity contribution in [2.75, 3.05) is 6.26 Å². The third-order valence-electron chi connectivity index (χ3n) is 1.16. The summed E-state index contributed by atoms with van der Waals surface area (Å²) < 4.78 is 10.5. The van der Waals surface area contributed by atoms with E-state index in [4.69, 9.17) is 0 Å². The maximum Gasteiger partial charge on any atom is -0.0518 e. The number of rotatable bonds is 4. The predicted octanol–water partition coefficient (Wildman–Crippen LogP) is 1.96. The van der Waals surface area contributed by atoms with Crippen LogP contribution in [0.5, 0.6) is 0 Å². The molecule has 0 saturated heterocycles. The van der Waals surface area contributed by atoms with E-state index >= 15 is 0 Å². The summed E-state index contributed by atoms with van der Waals surface area (Å²) >= 11 is 0.